The number of nitrogens with zero attached hydrogens (tertiary/aromatic N) is 6. The van der Waals surface area contributed by atoms with Crippen LogP contribution >= 0.6 is 0 Å². The van der Waals surface area contributed by atoms with Gasteiger partial charge in [-0.25, -0.2) is 9.67 Å². The number of ether oxygens (including phenoxy) is 2. The van der Waals surface area contributed by atoms with Crippen LogP contribution in [0.2, 0.25) is 0 Å². The van der Waals surface area contributed by atoms with Crippen molar-refractivity contribution in [3.8, 4) is 11.5 Å². The summed E-state index contributed by atoms with van der Waals surface area (Å²) in [6, 6.07) is 6.15. The van der Waals surface area contributed by atoms with Gasteiger partial charge in [0.15, 0.2) is 17.3 Å². The Kier molecular flexibility index (Phi) is 5.95. The van der Waals surface area contributed by atoms with Gasteiger partial charge in [-0.2, -0.15) is 0 Å². The molecule has 2 aliphatic heterocycles. The number of aryl methyl sites for hydroxylation is 1. The lowest BCUT2D eigenvalue weighted by molar-refractivity contribution is 0.174. The second-order valence-corrected chi connectivity index (χ2v) is 8.47. The Morgan fingerprint density at radius 2 is 2.00 bits per heavy atom. The summed E-state index contributed by atoms with van der Waals surface area (Å²) in [7, 11) is 0. The summed E-state index contributed by atoms with van der Waals surface area (Å²) < 4.78 is 12.7. The van der Waals surface area contributed by atoms with Gasteiger partial charge in [0.2, 0.25) is 12.7 Å². The monoisotopic (exact) mass is 452 g/mol. The third-order valence-corrected chi connectivity index (χ3v) is 6.24. The quantitative estimate of drug-likeness (QED) is 0.549. The molecule has 2 aromatic heterocycles. The fourth-order valence-electron chi connectivity index (χ4n) is 4.40. The molecule has 1 saturated heterocycles. The van der Waals surface area contributed by atoms with Crippen LogP contribution in [-0.4, -0.2) is 61.0 Å². The van der Waals surface area contributed by atoms with Crippen LogP contribution in [0.1, 0.15) is 42.4 Å². The number of aromatic amines is 1. The molecule has 11 heteroatoms. The van der Waals surface area contributed by atoms with Crippen LogP contribution in [0.4, 0.5) is 5.95 Å². The molecule has 0 radical (unpaired) electrons. The Balaban J connectivity index is 1.16. The van der Waals surface area contributed by atoms with Gasteiger partial charge in [0.05, 0.1) is 13.1 Å². The summed E-state index contributed by atoms with van der Waals surface area (Å²) in [4.78, 5) is 21.9. The van der Waals surface area contributed by atoms with E-state index < -0.39 is 0 Å². The molecule has 2 aliphatic rings. The second kappa shape index (κ2) is 9.18. The topological polar surface area (TPSA) is 123 Å². The van der Waals surface area contributed by atoms with E-state index in [0.717, 1.165) is 60.1 Å². The number of hydrogen-bond donors (Lipinski definition) is 2. The van der Waals surface area contributed by atoms with Crippen molar-refractivity contribution in [3.05, 3.63) is 51.2 Å². The minimum absolute atomic E-state index is 0.0563. The zero-order chi connectivity index (χ0) is 22.8. The van der Waals surface area contributed by atoms with Crippen LogP contribution in [-0.2, 0) is 19.5 Å². The van der Waals surface area contributed by atoms with E-state index in [2.05, 4.69) is 35.7 Å². The van der Waals surface area contributed by atoms with E-state index in [0.29, 0.717) is 25.5 Å². The Morgan fingerprint density at radius 3 is 2.79 bits per heavy atom. The lowest BCUT2D eigenvalue weighted by atomic mass is 10.1. The molecule has 0 saturated carbocycles. The van der Waals surface area contributed by atoms with Crippen LogP contribution in [0.15, 0.2) is 23.0 Å². The summed E-state index contributed by atoms with van der Waals surface area (Å²) in [6.45, 7) is 7.18. The molecule has 0 amide bonds. The van der Waals surface area contributed by atoms with E-state index in [9.17, 15) is 4.79 Å². The SMILES string of the molecule is CCc1c(C)nc(NC2CCN(Cc3nnnn3Cc3ccc4c(c3)OCO4)CC2)[nH]c1=O. The number of likely N-dealkylation sites (tertiary alicyclic amines) is 1. The Morgan fingerprint density at radius 1 is 1.18 bits per heavy atom. The molecule has 174 valence electrons. The maximum absolute atomic E-state index is 12.2. The summed E-state index contributed by atoms with van der Waals surface area (Å²) in [6.07, 6.45) is 2.57. The fourth-order valence-corrected chi connectivity index (χ4v) is 4.40. The molecule has 0 atom stereocenters. The predicted octanol–water partition coefficient (Wildman–Crippen LogP) is 1.48. The molecule has 0 aliphatic carbocycles. The largest absolute Gasteiger partial charge is 0.454 e. The van der Waals surface area contributed by atoms with Crippen LogP contribution in [0.5, 0.6) is 11.5 Å². The molecular weight excluding hydrogens is 424 g/mol. The molecule has 0 unspecified atom stereocenters. The van der Waals surface area contributed by atoms with Gasteiger partial charge in [-0.05, 0) is 54.3 Å². The number of benzene rings is 1. The number of hydrogen-bond acceptors (Lipinski definition) is 9. The highest BCUT2D eigenvalue weighted by Crippen LogP contribution is 2.32. The molecule has 5 rings (SSSR count). The smallest absolute Gasteiger partial charge is 0.255 e. The molecule has 33 heavy (non-hydrogen) atoms. The standard InChI is InChI=1S/C22H28N8O3/c1-3-17-14(2)23-22(25-21(17)31)24-16-6-8-29(9-7-16)12-20-26-27-28-30(20)11-15-4-5-18-19(10-15)33-13-32-18/h4-5,10,16H,3,6-9,11-13H2,1-2H3,(H2,23,24,25,31). The maximum atomic E-state index is 12.2. The molecule has 0 bridgehead atoms. The lowest BCUT2D eigenvalue weighted by Gasteiger charge is -2.32. The average molecular weight is 453 g/mol. The van der Waals surface area contributed by atoms with E-state index in [1.54, 1.807) is 0 Å². The first-order chi connectivity index (χ1) is 16.1. The molecule has 3 aromatic rings. The predicted molar refractivity (Wildman–Crippen MR) is 120 cm³/mol. The number of rotatable bonds is 7. The van der Waals surface area contributed by atoms with Crippen LogP contribution in [0, 0.1) is 6.92 Å². The van der Waals surface area contributed by atoms with Crippen LogP contribution in [0.3, 0.4) is 0 Å². The van der Waals surface area contributed by atoms with Crippen molar-refractivity contribution in [1.29, 1.82) is 0 Å². The summed E-state index contributed by atoms with van der Waals surface area (Å²) in [5.74, 6) is 2.91. The molecule has 0 spiro atoms. The van der Waals surface area contributed by atoms with Crippen molar-refractivity contribution in [2.45, 2.75) is 52.2 Å². The third kappa shape index (κ3) is 4.68. The molecule has 1 aromatic carbocycles. The van der Waals surface area contributed by atoms with E-state index >= 15 is 0 Å². The minimum atomic E-state index is -0.0563. The number of fused-ring (bicyclic) bond motifs is 1. The van der Waals surface area contributed by atoms with Crippen LogP contribution < -0.4 is 20.3 Å². The molecule has 1 fully saturated rings. The normalized spacial score (nSPS) is 16.3. The van der Waals surface area contributed by atoms with Crippen molar-refractivity contribution in [1.82, 2.24) is 35.1 Å². The average Bonchev–Trinajstić information content (AvgIpc) is 3.44. The summed E-state index contributed by atoms with van der Waals surface area (Å²) >= 11 is 0. The summed E-state index contributed by atoms with van der Waals surface area (Å²) in [5, 5.41) is 15.7. The first-order valence-corrected chi connectivity index (χ1v) is 11.3. The first kappa shape index (κ1) is 21.4. The van der Waals surface area contributed by atoms with Gasteiger partial charge in [-0.3, -0.25) is 14.7 Å². The Bertz CT molecular complexity index is 1180. The number of nitrogens with one attached hydrogen (secondary N) is 2. The number of piperidine rings is 1. The zero-order valence-corrected chi connectivity index (χ0v) is 18.9. The number of aromatic nitrogens is 6. The molecule has 11 nitrogen and oxygen atoms in total. The van der Waals surface area contributed by atoms with Gasteiger partial charge in [0.1, 0.15) is 0 Å². The van der Waals surface area contributed by atoms with E-state index in [-0.39, 0.29) is 18.4 Å². The number of anilines is 1. The third-order valence-electron chi connectivity index (χ3n) is 6.24. The van der Waals surface area contributed by atoms with Crippen molar-refractivity contribution in [2.24, 2.45) is 0 Å². The van der Waals surface area contributed by atoms with Gasteiger partial charge in [-0.1, -0.05) is 13.0 Å². The van der Waals surface area contributed by atoms with Gasteiger partial charge >= 0.3 is 0 Å². The summed E-state index contributed by atoms with van der Waals surface area (Å²) in [5.41, 5.74) is 2.53. The minimum Gasteiger partial charge on any atom is -0.454 e. The number of tetrazole rings is 1. The van der Waals surface area contributed by atoms with Gasteiger partial charge in [0.25, 0.3) is 5.56 Å². The van der Waals surface area contributed by atoms with E-state index in [1.807, 2.05) is 36.7 Å². The molecular formula is C22H28N8O3. The maximum Gasteiger partial charge on any atom is 0.255 e. The lowest BCUT2D eigenvalue weighted by Crippen LogP contribution is -2.39. The van der Waals surface area contributed by atoms with Crippen LogP contribution in [0.25, 0.3) is 0 Å². The Labute approximate surface area is 191 Å². The Hall–Kier alpha value is -3.47. The molecule has 4 heterocycles. The fraction of sp³-hybridized carbons (Fsp3) is 0.500. The number of H-pyrrole nitrogens is 1. The highest BCUT2D eigenvalue weighted by Gasteiger charge is 2.22. The van der Waals surface area contributed by atoms with E-state index in [4.69, 9.17) is 9.47 Å². The second-order valence-electron chi connectivity index (χ2n) is 8.47. The van der Waals surface area contributed by atoms with Crippen molar-refractivity contribution < 1.29 is 9.47 Å². The highest BCUT2D eigenvalue weighted by atomic mass is 16.7. The first-order valence-electron chi connectivity index (χ1n) is 11.3. The van der Waals surface area contributed by atoms with Gasteiger partial charge in [0, 0.05) is 30.4 Å². The van der Waals surface area contributed by atoms with Gasteiger partial charge in [-0.15, -0.1) is 5.10 Å². The van der Waals surface area contributed by atoms with Gasteiger partial charge < -0.3 is 14.8 Å². The van der Waals surface area contributed by atoms with E-state index in [1.165, 1.54) is 0 Å². The zero-order valence-electron chi connectivity index (χ0n) is 18.9. The van der Waals surface area contributed by atoms with Crippen molar-refractivity contribution in [3.63, 3.8) is 0 Å². The molecule has 2 N–H and O–H groups in total. The van der Waals surface area contributed by atoms with Crippen molar-refractivity contribution in [2.75, 3.05) is 25.2 Å². The van der Waals surface area contributed by atoms with Crippen molar-refractivity contribution >= 4 is 5.95 Å². The highest BCUT2D eigenvalue weighted by molar-refractivity contribution is 5.44.